The first kappa shape index (κ1) is 25.7. The van der Waals surface area contributed by atoms with Crippen molar-refractivity contribution in [3.05, 3.63) is 76.6 Å². The van der Waals surface area contributed by atoms with Gasteiger partial charge in [0.25, 0.3) is 5.91 Å². The van der Waals surface area contributed by atoms with E-state index in [-0.39, 0.29) is 41.0 Å². The Labute approximate surface area is 215 Å². The number of alkyl halides is 3. The number of ether oxygens (including phenoxy) is 1. The highest BCUT2D eigenvalue weighted by molar-refractivity contribution is 5.98. The standard InChI is InChI=1S/C27H24F4N4O3/c1-3-19(32)24-23(26(36)35-11-10-14-4-5-16(28)12-15(14)13-35)34-25(38-24)18-6-8-20(37-2)22-17(18)7-9-21(33-22)27(29,30)31/h4-9,12,19H,3,10-11,13,32H2,1-2H3/t19-/m0/s1. The first-order chi connectivity index (χ1) is 18.1. The molecule has 4 aromatic rings. The van der Waals surface area contributed by atoms with Crippen molar-refractivity contribution in [1.82, 2.24) is 14.9 Å². The minimum atomic E-state index is -4.64. The van der Waals surface area contributed by atoms with Gasteiger partial charge < -0.3 is 19.8 Å². The summed E-state index contributed by atoms with van der Waals surface area (Å²) < 4.78 is 65.0. The van der Waals surface area contributed by atoms with E-state index < -0.39 is 23.8 Å². The van der Waals surface area contributed by atoms with Gasteiger partial charge in [0.15, 0.2) is 11.5 Å². The molecule has 1 aliphatic heterocycles. The maximum absolute atomic E-state index is 13.8. The Morgan fingerprint density at radius 3 is 2.66 bits per heavy atom. The highest BCUT2D eigenvalue weighted by Crippen LogP contribution is 2.38. The lowest BCUT2D eigenvalue weighted by molar-refractivity contribution is -0.140. The van der Waals surface area contributed by atoms with E-state index in [0.29, 0.717) is 35.9 Å². The van der Waals surface area contributed by atoms with Crippen LogP contribution in [0.4, 0.5) is 17.6 Å². The summed E-state index contributed by atoms with van der Waals surface area (Å²) in [5.41, 5.74) is 7.19. The van der Waals surface area contributed by atoms with Crippen LogP contribution in [0.2, 0.25) is 0 Å². The molecule has 1 aliphatic rings. The molecular formula is C27H24F4N4O3. The smallest absolute Gasteiger partial charge is 0.433 e. The maximum atomic E-state index is 13.8. The van der Waals surface area contributed by atoms with Crippen LogP contribution in [0.25, 0.3) is 22.4 Å². The van der Waals surface area contributed by atoms with Crippen molar-refractivity contribution >= 4 is 16.8 Å². The Morgan fingerprint density at radius 2 is 1.95 bits per heavy atom. The number of carbonyl (C=O) groups is 1. The number of oxazole rings is 1. The lowest BCUT2D eigenvalue weighted by Crippen LogP contribution is -2.37. The van der Waals surface area contributed by atoms with Crippen LogP contribution in [0.3, 0.4) is 0 Å². The molecule has 0 unspecified atom stereocenters. The number of hydrogen-bond donors (Lipinski definition) is 1. The molecule has 0 radical (unpaired) electrons. The van der Waals surface area contributed by atoms with E-state index >= 15 is 0 Å². The SMILES string of the molecule is CC[C@H](N)c1oc(-c2ccc(OC)c3nc(C(F)(F)F)ccc23)nc1C(=O)N1CCc2ccc(F)cc2C1. The van der Waals surface area contributed by atoms with Gasteiger partial charge in [0.1, 0.15) is 22.8 Å². The van der Waals surface area contributed by atoms with Crippen LogP contribution in [0.1, 0.15) is 52.5 Å². The fourth-order valence-corrected chi connectivity index (χ4v) is 4.59. The molecule has 0 spiro atoms. The summed E-state index contributed by atoms with van der Waals surface area (Å²) in [6.07, 6.45) is -3.64. The molecule has 2 aromatic carbocycles. The molecule has 5 rings (SSSR count). The van der Waals surface area contributed by atoms with E-state index in [1.165, 1.54) is 31.4 Å². The van der Waals surface area contributed by atoms with Gasteiger partial charge in [-0.05, 0) is 60.4 Å². The molecule has 1 atom stereocenters. The predicted octanol–water partition coefficient (Wildman–Crippen LogP) is 5.66. The van der Waals surface area contributed by atoms with E-state index in [2.05, 4.69) is 9.97 Å². The third kappa shape index (κ3) is 4.58. The quantitative estimate of drug-likeness (QED) is 0.336. The van der Waals surface area contributed by atoms with Crippen LogP contribution < -0.4 is 10.5 Å². The van der Waals surface area contributed by atoms with Gasteiger partial charge in [-0.15, -0.1) is 0 Å². The summed E-state index contributed by atoms with van der Waals surface area (Å²) in [6, 6.07) is 9.05. The van der Waals surface area contributed by atoms with Gasteiger partial charge in [-0.3, -0.25) is 4.79 Å². The summed E-state index contributed by atoms with van der Waals surface area (Å²) in [7, 11) is 1.33. The zero-order chi connectivity index (χ0) is 27.2. The van der Waals surface area contributed by atoms with Crippen molar-refractivity contribution in [3.63, 3.8) is 0 Å². The molecule has 0 saturated heterocycles. The number of pyridine rings is 1. The molecule has 0 fully saturated rings. The Balaban J connectivity index is 1.59. The Bertz CT molecular complexity index is 1530. The number of rotatable bonds is 5. The minimum Gasteiger partial charge on any atom is -0.494 e. The molecule has 2 aromatic heterocycles. The zero-order valence-electron chi connectivity index (χ0n) is 20.6. The second-order valence-corrected chi connectivity index (χ2v) is 9.04. The van der Waals surface area contributed by atoms with Gasteiger partial charge in [-0.25, -0.2) is 14.4 Å². The average Bonchev–Trinajstić information content (AvgIpc) is 3.35. The van der Waals surface area contributed by atoms with Crippen molar-refractivity contribution in [3.8, 4) is 17.2 Å². The number of hydrogen-bond acceptors (Lipinski definition) is 6. The van der Waals surface area contributed by atoms with Crippen LogP contribution in [-0.2, 0) is 19.1 Å². The number of carbonyl (C=O) groups excluding carboxylic acids is 1. The fourth-order valence-electron chi connectivity index (χ4n) is 4.59. The summed E-state index contributed by atoms with van der Waals surface area (Å²) >= 11 is 0. The zero-order valence-corrected chi connectivity index (χ0v) is 20.6. The molecule has 2 N–H and O–H groups in total. The summed E-state index contributed by atoms with van der Waals surface area (Å²) in [4.78, 5) is 23.4. The number of aromatic nitrogens is 2. The second-order valence-electron chi connectivity index (χ2n) is 9.04. The van der Waals surface area contributed by atoms with E-state index in [0.717, 1.165) is 11.6 Å². The Morgan fingerprint density at radius 1 is 1.16 bits per heavy atom. The highest BCUT2D eigenvalue weighted by atomic mass is 19.4. The first-order valence-electron chi connectivity index (χ1n) is 12.0. The monoisotopic (exact) mass is 528 g/mol. The third-order valence-electron chi connectivity index (χ3n) is 6.66. The number of amides is 1. The van der Waals surface area contributed by atoms with Gasteiger partial charge in [-0.1, -0.05) is 13.0 Å². The molecule has 0 aliphatic carbocycles. The highest BCUT2D eigenvalue weighted by Gasteiger charge is 2.34. The van der Waals surface area contributed by atoms with Gasteiger partial charge in [0.05, 0.1) is 13.2 Å². The normalized spacial score (nSPS) is 14.4. The molecule has 0 bridgehead atoms. The summed E-state index contributed by atoms with van der Waals surface area (Å²) in [6.45, 7) is 2.42. The number of nitrogens with zero attached hydrogens (tertiary/aromatic N) is 3. The van der Waals surface area contributed by atoms with Crippen molar-refractivity contribution < 1.29 is 31.5 Å². The average molecular weight is 529 g/mol. The lowest BCUT2D eigenvalue weighted by atomic mass is 9.99. The lowest BCUT2D eigenvalue weighted by Gasteiger charge is -2.28. The van der Waals surface area contributed by atoms with E-state index in [4.69, 9.17) is 14.9 Å². The Hall–Kier alpha value is -3.99. The number of halogens is 4. The molecule has 198 valence electrons. The molecule has 38 heavy (non-hydrogen) atoms. The van der Waals surface area contributed by atoms with Crippen LogP contribution >= 0.6 is 0 Å². The maximum Gasteiger partial charge on any atom is 0.433 e. The van der Waals surface area contributed by atoms with Crippen LogP contribution in [0.5, 0.6) is 5.75 Å². The van der Waals surface area contributed by atoms with Gasteiger partial charge in [-0.2, -0.15) is 13.2 Å². The van der Waals surface area contributed by atoms with Gasteiger partial charge in [0.2, 0.25) is 5.89 Å². The van der Waals surface area contributed by atoms with Crippen molar-refractivity contribution in [2.24, 2.45) is 5.73 Å². The van der Waals surface area contributed by atoms with Crippen LogP contribution in [-0.4, -0.2) is 34.4 Å². The van der Waals surface area contributed by atoms with E-state index in [9.17, 15) is 22.4 Å². The topological polar surface area (TPSA) is 94.5 Å². The summed E-state index contributed by atoms with van der Waals surface area (Å²) in [5, 5.41) is 0.302. The summed E-state index contributed by atoms with van der Waals surface area (Å²) in [5.74, 6) is -0.484. The Kier molecular flexibility index (Phi) is 6.56. The van der Waals surface area contributed by atoms with Crippen LogP contribution in [0.15, 0.2) is 46.9 Å². The van der Waals surface area contributed by atoms with Crippen molar-refractivity contribution in [2.45, 2.75) is 38.5 Å². The van der Waals surface area contributed by atoms with E-state index in [1.54, 1.807) is 17.0 Å². The second kappa shape index (κ2) is 9.71. The van der Waals surface area contributed by atoms with Crippen LogP contribution in [0, 0.1) is 5.82 Å². The number of methoxy groups -OCH3 is 1. The number of nitrogens with two attached hydrogens (primary N) is 1. The minimum absolute atomic E-state index is 0.0121. The predicted molar refractivity (Wildman–Crippen MR) is 131 cm³/mol. The molecule has 7 nitrogen and oxygen atoms in total. The fraction of sp³-hybridized carbons (Fsp3) is 0.296. The molecule has 3 heterocycles. The van der Waals surface area contributed by atoms with E-state index in [1.807, 2.05) is 6.92 Å². The van der Waals surface area contributed by atoms with Crippen molar-refractivity contribution in [2.75, 3.05) is 13.7 Å². The molecule has 11 heteroatoms. The largest absolute Gasteiger partial charge is 0.494 e. The number of benzene rings is 2. The molecule has 1 amide bonds. The van der Waals surface area contributed by atoms with Gasteiger partial charge in [0, 0.05) is 24.0 Å². The molecule has 0 saturated carbocycles. The van der Waals surface area contributed by atoms with Gasteiger partial charge >= 0.3 is 6.18 Å². The first-order valence-corrected chi connectivity index (χ1v) is 12.0. The van der Waals surface area contributed by atoms with Crippen molar-refractivity contribution in [1.29, 1.82) is 0 Å². The molecular weight excluding hydrogens is 504 g/mol. The third-order valence-corrected chi connectivity index (χ3v) is 6.66. The number of fused-ring (bicyclic) bond motifs is 2.